The zero-order valence-electron chi connectivity index (χ0n) is 12.5. The maximum Gasteiger partial charge on any atom is 0.131 e. The number of hydrogen-bond acceptors (Lipinski definition) is 2. The van der Waals surface area contributed by atoms with Crippen LogP contribution in [-0.4, -0.2) is 12.2 Å². The summed E-state index contributed by atoms with van der Waals surface area (Å²) in [7, 11) is 0. The van der Waals surface area contributed by atoms with E-state index in [0.29, 0.717) is 0 Å². The molecule has 0 saturated heterocycles. The van der Waals surface area contributed by atoms with Gasteiger partial charge in [0.15, 0.2) is 0 Å². The molecule has 0 amide bonds. The van der Waals surface area contributed by atoms with Crippen molar-refractivity contribution in [1.29, 1.82) is 0 Å². The van der Waals surface area contributed by atoms with Gasteiger partial charge >= 0.3 is 0 Å². The van der Waals surface area contributed by atoms with E-state index >= 15 is 0 Å². The topological polar surface area (TPSA) is 18.5 Å². The van der Waals surface area contributed by atoms with Crippen LogP contribution < -0.4 is 9.47 Å². The minimum Gasteiger partial charge on any atom is -0.490 e. The van der Waals surface area contributed by atoms with Crippen LogP contribution in [0.5, 0.6) is 11.5 Å². The van der Waals surface area contributed by atoms with Gasteiger partial charge in [0.05, 0.1) is 17.8 Å². The Labute approximate surface area is 121 Å². The van der Waals surface area contributed by atoms with Crippen LogP contribution in [0.4, 0.5) is 0 Å². The highest BCUT2D eigenvalue weighted by Gasteiger charge is 2.14. The molecule has 2 heteroatoms. The van der Waals surface area contributed by atoms with E-state index in [4.69, 9.17) is 9.47 Å². The first-order valence-electron chi connectivity index (χ1n) is 7.00. The highest BCUT2D eigenvalue weighted by atomic mass is 16.5. The Morgan fingerprint density at radius 2 is 1.30 bits per heavy atom. The summed E-state index contributed by atoms with van der Waals surface area (Å²) in [5.74, 6) is 1.70. The normalized spacial score (nSPS) is 10.9. The fourth-order valence-corrected chi connectivity index (χ4v) is 2.05. The van der Waals surface area contributed by atoms with Crippen LogP contribution in [0.2, 0.25) is 0 Å². The molecule has 0 saturated carbocycles. The third kappa shape index (κ3) is 3.53. The van der Waals surface area contributed by atoms with E-state index < -0.39 is 0 Å². The predicted molar refractivity (Wildman–Crippen MR) is 82.2 cm³/mol. The lowest BCUT2D eigenvalue weighted by atomic mass is 10.0. The van der Waals surface area contributed by atoms with Crippen molar-refractivity contribution in [2.24, 2.45) is 0 Å². The Kier molecular flexibility index (Phi) is 4.67. The van der Waals surface area contributed by atoms with Crippen molar-refractivity contribution in [2.75, 3.05) is 0 Å². The molecular weight excluding hydrogens is 248 g/mol. The second-order valence-corrected chi connectivity index (χ2v) is 5.25. The number of ether oxygens (including phenoxy) is 2. The van der Waals surface area contributed by atoms with Gasteiger partial charge in [-0.3, -0.25) is 0 Å². The second kappa shape index (κ2) is 6.47. The van der Waals surface area contributed by atoms with Crippen LogP contribution in [0.3, 0.4) is 0 Å². The van der Waals surface area contributed by atoms with E-state index in [1.807, 2.05) is 70.2 Å². The summed E-state index contributed by atoms with van der Waals surface area (Å²) < 4.78 is 11.9. The first kappa shape index (κ1) is 14.4. The lowest BCUT2D eigenvalue weighted by Gasteiger charge is -2.19. The van der Waals surface area contributed by atoms with Crippen molar-refractivity contribution in [3.8, 4) is 22.6 Å². The molecule has 0 aromatic heterocycles. The molecule has 2 rings (SSSR count). The van der Waals surface area contributed by atoms with E-state index in [1.54, 1.807) is 0 Å². The minimum absolute atomic E-state index is 0.123. The summed E-state index contributed by atoms with van der Waals surface area (Å²) in [6, 6.07) is 16.8. The minimum atomic E-state index is 0.123. The third-order valence-electron chi connectivity index (χ3n) is 2.72. The number of benzene rings is 2. The Bertz CT molecular complexity index is 516. The van der Waals surface area contributed by atoms with Crippen LogP contribution in [0.25, 0.3) is 11.1 Å². The van der Waals surface area contributed by atoms with Crippen LogP contribution >= 0.6 is 0 Å². The highest BCUT2D eigenvalue weighted by Crippen LogP contribution is 2.39. The highest BCUT2D eigenvalue weighted by molar-refractivity contribution is 5.76. The summed E-state index contributed by atoms with van der Waals surface area (Å²) in [5, 5.41) is 0. The predicted octanol–water partition coefficient (Wildman–Crippen LogP) is 4.73. The largest absolute Gasteiger partial charge is 0.490 e. The molecule has 0 unspecified atom stereocenters. The Morgan fingerprint density at radius 3 is 1.75 bits per heavy atom. The van der Waals surface area contributed by atoms with Crippen LogP contribution in [0.1, 0.15) is 27.7 Å². The monoisotopic (exact) mass is 269 g/mol. The van der Waals surface area contributed by atoms with Gasteiger partial charge in [0, 0.05) is 0 Å². The average Bonchev–Trinajstić information content (AvgIpc) is 2.38. The standard InChI is InChI=1S/C18H21O2/c1-13(2)19-16-11-8-12-17(20-14(3)4)18(16)15-9-6-5-7-10-15/h6-14H,1-4H3. The molecule has 1 radical (unpaired) electrons. The molecule has 2 aromatic rings. The summed E-state index contributed by atoms with van der Waals surface area (Å²) >= 11 is 0. The summed E-state index contributed by atoms with van der Waals surface area (Å²) in [6.45, 7) is 8.11. The number of rotatable bonds is 5. The van der Waals surface area contributed by atoms with Gasteiger partial charge in [-0.2, -0.15) is 0 Å². The quantitative estimate of drug-likeness (QED) is 0.781. The lowest BCUT2D eigenvalue weighted by Crippen LogP contribution is -2.09. The molecule has 0 fully saturated rings. The Morgan fingerprint density at radius 1 is 0.800 bits per heavy atom. The van der Waals surface area contributed by atoms with E-state index in [-0.39, 0.29) is 12.2 Å². The van der Waals surface area contributed by atoms with Crippen molar-refractivity contribution in [1.82, 2.24) is 0 Å². The van der Waals surface area contributed by atoms with Gasteiger partial charge in [0.1, 0.15) is 11.5 Å². The van der Waals surface area contributed by atoms with Crippen molar-refractivity contribution in [2.45, 2.75) is 39.9 Å². The molecule has 0 heterocycles. The molecule has 0 N–H and O–H groups in total. The fraction of sp³-hybridized carbons (Fsp3) is 0.333. The van der Waals surface area contributed by atoms with Crippen molar-refractivity contribution in [3.63, 3.8) is 0 Å². The molecule has 0 aliphatic carbocycles. The molecule has 0 aliphatic rings. The van der Waals surface area contributed by atoms with E-state index in [1.165, 1.54) is 0 Å². The van der Waals surface area contributed by atoms with Gasteiger partial charge in [-0.05, 0) is 51.5 Å². The van der Waals surface area contributed by atoms with Crippen LogP contribution in [0, 0.1) is 6.07 Å². The molecule has 105 valence electrons. The van der Waals surface area contributed by atoms with Gasteiger partial charge in [-0.25, -0.2) is 0 Å². The molecule has 2 nitrogen and oxygen atoms in total. The maximum absolute atomic E-state index is 5.93. The van der Waals surface area contributed by atoms with Gasteiger partial charge < -0.3 is 9.47 Å². The molecule has 20 heavy (non-hydrogen) atoms. The molecule has 0 spiro atoms. The van der Waals surface area contributed by atoms with Gasteiger partial charge in [-0.15, -0.1) is 0 Å². The molecule has 0 aliphatic heterocycles. The van der Waals surface area contributed by atoms with Crippen molar-refractivity contribution < 1.29 is 9.47 Å². The smallest absolute Gasteiger partial charge is 0.131 e. The van der Waals surface area contributed by atoms with Gasteiger partial charge in [0.2, 0.25) is 0 Å². The summed E-state index contributed by atoms with van der Waals surface area (Å²) in [5.41, 5.74) is 2.08. The van der Waals surface area contributed by atoms with E-state index in [9.17, 15) is 0 Å². The van der Waals surface area contributed by atoms with E-state index in [2.05, 4.69) is 6.07 Å². The molecule has 0 atom stereocenters. The third-order valence-corrected chi connectivity index (χ3v) is 2.72. The second-order valence-electron chi connectivity index (χ2n) is 5.25. The summed E-state index contributed by atoms with van der Waals surface area (Å²) in [6.07, 6.45) is 0.247. The Balaban J connectivity index is 2.53. The summed E-state index contributed by atoms with van der Waals surface area (Å²) in [4.78, 5) is 0. The van der Waals surface area contributed by atoms with Crippen molar-refractivity contribution in [3.05, 3.63) is 48.5 Å². The molecule has 0 bridgehead atoms. The SMILES string of the molecule is CC(C)Oc1cccc(OC(C)C)c1-c1cc[c]cc1. The Hall–Kier alpha value is -1.96. The molecule has 2 aromatic carbocycles. The zero-order chi connectivity index (χ0) is 14.5. The number of hydrogen-bond donors (Lipinski definition) is 0. The molecular formula is C18H21O2. The van der Waals surface area contributed by atoms with Gasteiger partial charge in [-0.1, -0.05) is 30.3 Å². The lowest BCUT2D eigenvalue weighted by molar-refractivity contribution is 0.231. The maximum atomic E-state index is 5.93. The van der Waals surface area contributed by atoms with Crippen molar-refractivity contribution >= 4 is 0 Å². The van der Waals surface area contributed by atoms with Crippen LogP contribution in [-0.2, 0) is 0 Å². The fourth-order valence-electron chi connectivity index (χ4n) is 2.05. The first-order chi connectivity index (χ1) is 9.58. The first-order valence-corrected chi connectivity index (χ1v) is 7.00. The van der Waals surface area contributed by atoms with Gasteiger partial charge in [0.25, 0.3) is 0 Å². The average molecular weight is 269 g/mol. The zero-order valence-corrected chi connectivity index (χ0v) is 12.5. The van der Waals surface area contributed by atoms with E-state index in [0.717, 1.165) is 22.6 Å². The van der Waals surface area contributed by atoms with Crippen LogP contribution in [0.15, 0.2) is 42.5 Å².